The fraction of sp³-hybridized carbons (Fsp3) is 0.125. The number of rotatable bonds is 3. The molecule has 1 aliphatic rings. The molecular weight excluding hydrogens is 334 g/mol. The summed E-state index contributed by atoms with van der Waals surface area (Å²) < 4.78 is 6.19. The van der Waals surface area contributed by atoms with Gasteiger partial charge in [-0.3, -0.25) is 9.59 Å². The Bertz CT molecular complexity index is 707. The van der Waals surface area contributed by atoms with E-state index in [1.807, 2.05) is 6.92 Å². The first kappa shape index (κ1) is 13.8. The first-order chi connectivity index (χ1) is 10.1. The van der Waals surface area contributed by atoms with E-state index in [0.717, 1.165) is 0 Å². The molecule has 0 aliphatic carbocycles. The molecule has 4 nitrogen and oxygen atoms in total. The van der Waals surface area contributed by atoms with Crippen molar-refractivity contribution in [3.8, 4) is 5.75 Å². The van der Waals surface area contributed by atoms with E-state index in [0.29, 0.717) is 33.6 Å². The highest BCUT2D eigenvalue weighted by Gasteiger charge is 2.38. The normalized spacial score (nSPS) is 13.5. The van der Waals surface area contributed by atoms with Crippen LogP contribution in [-0.4, -0.2) is 18.4 Å². The van der Waals surface area contributed by atoms with Gasteiger partial charge in [0.2, 0.25) is 0 Å². The number of halogens is 1. The molecule has 0 unspecified atom stereocenters. The second kappa shape index (κ2) is 5.33. The lowest BCUT2D eigenvalue weighted by Gasteiger charge is -2.19. The van der Waals surface area contributed by atoms with Gasteiger partial charge in [0.1, 0.15) is 11.4 Å². The summed E-state index contributed by atoms with van der Waals surface area (Å²) in [4.78, 5) is 26.3. The zero-order valence-electron chi connectivity index (χ0n) is 11.3. The zero-order valence-corrected chi connectivity index (χ0v) is 12.9. The Morgan fingerprint density at radius 2 is 1.62 bits per heavy atom. The number of carbonyl (C=O) groups excluding carboxylic acids is 2. The Morgan fingerprint density at radius 1 is 1.00 bits per heavy atom. The lowest BCUT2D eigenvalue weighted by molar-refractivity contribution is 0.0924. The molecule has 0 saturated heterocycles. The van der Waals surface area contributed by atoms with Gasteiger partial charge < -0.3 is 4.74 Å². The second-order valence-corrected chi connectivity index (χ2v) is 5.37. The molecule has 0 N–H and O–H groups in total. The highest BCUT2D eigenvalue weighted by atomic mass is 79.9. The Balaban J connectivity index is 2.15. The van der Waals surface area contributed by atoms with Crippen molar-refractivity contribution in [2.45, 2.75) is 6.92 Å². The van der Waals surface area contributed by atoms with Gasteiger partial charge in [-0.25, -0.2) is 4.90 Å². The average molecular weight is 346 g/mol. The lowest BCUT2D eigenvalue weighted by atomic mass is 10.1. The van der Waals surface area contributed by atoms with Crippen LogP contribution in [0.25, 0.3) is 0 Å². The third-order valence-electron chi connectivity index (χ3n) is 3.27. The highest BCUT2D eigenvalue weighted by molar-refractivity contribution is 9.10. The van der Waals surface area contributed by atoms with E-state index in [1.54, 1.807) is 42.5 Å². The Morgan fingerprint density at radius 3 is 2.19 bits per heavy atom. The summed E-state index contributed by atoms with van der Waals surface area (Å²) in [5.74, 6) is -0.159. The van der Waals surface area contributed by atoms with E-state index >= 15 is 0 Å². The molecule has 2 amide bonds. The maximum absolute atomic E-state index is 12.5. The van der Waals surface area contributed by atoms with Crippen molar-refractivity contribution in [3.05, 3.63) is 58.1 Å². The maximum atomic E-state index is 12.5. The standard InChI is InChI=1S/C16H12BrNO3/c1-2-21-13-9-5-8-12(17)14(13)18-15(19)10-6-3-4-7-11(10)16(18)20/h3-9H,2H2,1H3. The Hall–Kier alpha value is -2.14. The number of fused-ring (bicyclic) bond motifs is 1. The van der Waals surface area contributed by atoms with E-state index in [4.69, 9.17) is 4.74 Å². The summed E-state index contributed by atoms with van der Waals surface area (Å²) in [5, 5.41) is 0. The molecule has 106 valence electrons. The molecule has 0 saturated carbocycles. The molecule has 0 fully saturated rings. The van der Waals surface area contributed by atoms with E-state index in [2.05, 4.69) is 15.9 Å². The first-order valence-electron chi connectivity index (χ1n) is 6.54. The molecule has 1 heterocycles. The Kier molecular flexibility index (Phi) is 3.51. The van der Waals surface area contributed by atoms with Gasteiger partial charge in [-0.15, -0.1) is 0 Å². The van der Waals surface area contributed by atoms with Crippen molar-refractivity contribution in [2.24, 2.45) is 0 Å². The number of imide groups is 1. The summed E-state index contributed by atoms with van der Waals surface area (Å²) in [6, 6.07) is 12.1. The van der Waals surface area contributed by atoms with Crippen LogP contribution in [0.15, 0.2) is 46.9 Å². The number of carbonyl (C=O) groups is 2. The molecule has 0 radical (unpaired) electrons. The molecule has 21 heavy (non-hydrogen) atoms. The van der Waals surface area contributed by atoms with Gasteiger partial charge in [-0.05, 0) is 47.1 Å². The van der Waals surface area contributed by atoms with Crippen LogP contribution in [0.1, 0.15) is 27.6 Å². The van der Waals surface area contributed by atoms with Crippen molar-refractivity contribution in [2.75, 3.05) is 11.5 Å². The van der Waals surface area contributed by atoms with Crippen LogP contribution >= 0.6 is 15.9 Å². The van der Waals surface area contributed by atoms with Gasteiger partial charge in [0.05, 0.1) is 17.7 Å². The van der Waals surface area contributed by atoms with Crippen LogP contribution in [0.2, 0.25) is 0 Å². The number of para-hydroxylation sites is 1. The van der Waals surface area contributed by atoms with Crippen molar-refractivity contribution in [1.82, 2.24) is 0 Å². The highest BCUT2D eigenvalue weighted by Crippen LogP contribution is 2.40. The molecular formula is C16H12BrNO3. The number of nitrogens with zero attached hydrogens (tertiary/aromatic N) is 1. The third kappa shape index (κ3) is 2.14. The smallest absolute Gasteiger partial charge is 0.266 e. The van der Waals surface area contributed by atoms with E-state index < -0.39 is 0 Å². The van der Waals surface area contributed by atoms with Crippen molar-refractivity contribution < 1.29 is 14.3 Å². The van der Waals surface area contributed by atoms with Crippen LogP contribution in [-0.2, 0) is 0 Å². The summed E-state index contributed by atoms with van der Waals surface area (Å²) in [6.45, 7) is 2.31. The van der Waals surface area contributed by atoms with Gasteiger partial charge in [-0.2, -0.15) is 0 Å². The monoisotopic (exact) mass is 345 g/mol. The number of amides is 2. The number of ether oxygens (including phenoxy) is 1. The fourth-order valence-electron chi connectivity index (χ4n) is 2.38. The van der Waals surface area contributed by atoms with Gasteiger partial charge in [-0.1, -0.05) is 18.2 Å². The minimum atomic E-state index is -0.330. The quantitative estimate of drug-likeness (QED) is 0.797. The molecule has 0 atom stereocenters. The van der Waals surface area contributed by atoms with Crippen LogP contribution < -0.4 is 9.64 Å². The SMILES string of the molecule is CCOc1cccc(Br)c1N1C(=O)c2ccccc2C1=O. The molecule has 0 spiro atoms. The van der Waals surface area contributed by atoms with Crippen LogP contribution in [0.3, 0.4) is 0 Å². The van der Waals surface area contributed by atoms with E-state index in [-0.39, 0.29) is 11.8 Å². The van der Waals surface area contributed by atoms with E-state index in [1.165, 1.54) is 4.90 Å². The number of hydrogen-bond donors (Lipinski definition) is 0. The average Bonchev–Trinajstić information content (AvgIpc) is 2.73. The molecule has 2 aromatic rings. The van der Waals surface area contributed by atoms with Crippen LogP contribution in [0.4, 0.5) is 5.69 Å². The van der Waals surface area contributed by atoms with Gasteiger partial charge in [0.15, 0.2) is 0 Å². The maximum Gasteiger partial charge on any atom is 0.266 e. The van der Waals surface area contributed by atoms with Crippen molar-refractivity contribution in [3.63, 3.8) is 0 Å². The topological polar surface area (TPSA) is 46.6 Å². The zero-order chi connectivity index (χ0) is 15.0. The van der Waals surface area contributed by atoms with Gasteiger partial charge >= 0.3 is 0 Å². The summed E-state index contributed by atoms with van der Waals surface area (Å²) >= 11 is 3.40. The number of benzene rings is 2. The molecule has 3 rings (SSSR count). The predicted molar refractivity (Wildman–Crippen MR) is 82.9 cm³/mol. The number of anilines is 1. The Labute approximate surface area is 130 Å². The molecule has 0 aromatic heterocycles. The fourth-order valence-corrected chi connectivity index (χ4v) is 2.90. The molecule has 0 bridgehead atoms. The molecule has 5 heteroatoms. The van der Waals surface area contributed by atoms with Crippen molar-refractivity contribution >= 4 is 33.4 Å². The minimum Gasteiger partial charge on any atom is -0.492 e. The second-order valence-electron chi connectivity index (χ2n) is 4.51. The molecule has 1 aliphatic heterocycles. The third-order valence-corrected chi connectivity index (χ3v) is 3.91. The summed E-state index contributed by atoms with van der Waals surface area (Å²) in [7, 11) is 0. The van der Waals surface area contributed by atoms with Gasteiger partial charge in [0, 0.05) is 4.47 Å². The van der Waals surface area contributed by atoms with E-state index in [9.17, 15) is 9.59 Å². The van der Waals surface area contributed by atoms with Crippen LogP contribution in [0, 0.1) is 0 Å². The lowest BCUT2D eigenvalue weighted by Crippen LogP contribution is -2.30. The summed E-state index contributed by atoms with van der Waals surface area (Å²) in [6.07, 6.45) is 0. The summed E-state index contributed by atoms with van der Waals surface area (Å²) in [5.41, 5.74) is 1.28. The number of hydrogen-bond acceptors (Lipinski definition) is 3. The molecule has 2 aromatic carbocycles. The van der Waals surface area contributed by atoms with Gasteiger partial charge in [0.25, 0.3) is 11.8 Å². The largest absolute Gasteiger partial charge is 0.492 e. The first-order valence-corrected chi connectivity index (χ1v) is 7.33. The predicted octanol–water partition coefficient (Wildman–Crippen LogP) is 3.65. The minimum absolute atomic E-state index is 0.330. The van der Waals surface area contributed by atoms with Crippen molar-refractivity contribution in [1.29, 1.82) is 0 Å². The van der Waals surface area contributed by atoms with Crippen LogP contribution in [0.5, 0.6) is 5.75 Å².